The lowest BCUT2D eigenvalue weighted by molar-refractivity contribution is -0.156. The maximum absolute atomic E-state index is 13.7. The maximum atomic E-state index is 13.7. The summed E-state index contributed by atoms with van der Waals surface area (Å²) in [6.07, 6.45) is -6.76. The van der Waals surface area contributed by atoms with E-state index in [0.717, 1.165) is 17.0 Å². The number of aliphatic carboxylic acids is 1. The highest BCUT2D eigenvalue weighted by molar-refractivity contribution is 6.23. The lowest BCUT2D eigenvalue weighted by Gasteiger charge is -2.33. The number of rotatable bonds is 8. The number of benzene rings is 2. The number of carboxylic acid groups (broad SMARTS) is 1. The van der Waals surface area contributed by atoms with Gasteiger partial charge in [0.15, 0.2) is 11.6 Å². The summed E-state index contributed by atoms with van der Waals surface area (Å²) in [5.74, 6) is -2.47. The number of nitriles is 1. The van der Waals surface area contributed by atoms with E-state index in [1.807, 2.05) is 0 Å². The van der Waals surface area contributed by atoms with Gasteiger partial charge in [-0.2, -0.15) is 18.4 Å². The van der Waals surface area contributed by atoms with Crippen LogP contribution in [0.25, 0.3) is 0 Å². The topological polar surface area (TPSA) is 128 Å². The van der Waals surface area contributed by atoms with Crippen molar-refractivity contribution in [2.24, 2.45) is 0 Å². The van der Waals surface area contributed by atoms with E-state index < -0.39 is 65.6 Å². The zero-order chi connectivity index (χ0) is 26.0. The van der Waals surface area contributed by atoms with Gasteiger partial charge in [0.1, 0.15) is 6.29 Å². The number of alkyl halides is 3. The molecule has 35 heavy (non-hydrogen) atoms. The van der Waals surface area contributed by atoms with Crippen LogP contribution in [0, 0.1) is 11.3 Å². The Hall–Kier alpha value is -4.24. The highest BCUT2D eigenvalue weighted by atomic mass is 19.4. The second-order valence-electron chi connectivity index (χ2n) is 7.59. The molecule has 1 fully saturated rings. The molecular formula is C23H18F3N3O6. The van der Waals surface area contributed by atoms with E-state index >= 15 is 0 Å². The predicted octanol–water partition coefficient (Wildman–Crippen LogP) is 2.93. The third kappa shape index (κ3) is 4.45. The van der Waals surface area contributed by atoms with Gasteiger partial charge in [-0.15, -0.1) is 0 Å². The van der Waals surface area contributed by atoms with E-state index in [2.05, 4.69) is 0 Å². The minimum Gasteiger partial charge on any atom is -0.479 e. The molecule has 0 saturated carbocycles. The third-order valence-electron chi connectivity index (χ3n) is 5.63. The van der Waals surface area contributed by atoms with Crippen LogP contribution in [-0.2, 0) is 30.8 Å². The molecule has 1 N–H and O–H groups in total. The number of carbonyl (C=O) groups excluding carboxylic acids is 3. The van der Waals surface area contributed by atoms with Gasteiger partial charge in [-0.05, 0) is 23.8 Å². The summed E-state index contributed by atoms with van der Waals surface area (Å²) in [4.78, 5) is 50.7. The summed E-state index contributed by atoms with van der Waals surface area (Å²) >= 11 is 0. The molecule has 12 heteroatoms. The number of carbonyl (C=O) groups is 4. The molecule has 2 aromatic rings. The van der Waals surface area contributed by atoms with E-state index in [9.17, 15) is 37.5 Å². The first-order valence-electron chi connectivity index (χ1n) is 10.1. The highest BCUT2D eigenvalue weighted by Gasteiger charge is 2.58. The molecule has 3 amide bonds. The Morgan fingerprint density at radius 1 is 1.23 bits per heavy atom. The molecule has 0 aromatic heterocycles. The van der Waals surface area contributed by atoms with Crippen molar-refractivity contribution in [2.45, 2.75) is 24.2 Å². The quantitative estimate of drug-likeness (QED) is 0.446. The van der Waals surface area contributed by atoms with Crippen molar-refractivity contribution in [1.82, 2.24) is 4.90 Å². The summed E-state index contributed by atoms with van der Waals surface area (Å²) in [5.41, 5.74) is -4.18. The molecule has 0 spiro atoms. The van der Waals surface area contributed by atoms with Crippen LogP contribution in [0.2, 0.25) is 0 Å². The Balaban J connectivity index is 2.13. The molecule has 1 heterocycles. The number of ether oxygens (including phenoxy) is 1. The number of nitrogens with zero attached hydrogens (tertiary/aromatic N) is 3. The summed E-state index contributed by atoms with van der Waals surface area (Å²) < 4.78 is 45.9. The number of aldehydes is 1. The Bertz CT molecular complexity index is 1210. The molecule has 2 atom stereocenters. The number of hydrogen-bond donors (Lipinski definition) is 1. The Kier molecular flexibility index (Phi) is 6.93. The Morgan fingerprint density at radius 2 is 1.89 bits per heavy atom. The molecular weight excluding hydrogens is 471 g/mol. The fourth-order valence-corrected chi connectivity index (χ4v) is 3.78. The second-order valence-corrected chi connectivity index (χ2v) is 7.59. The smallest absolute Gasteiger partial charge is 0.417 e. The van der Waals surface area contributed by atoms with Gasteiger partial charge in [0.05, 0.1) is 29.5 Å². The normalized spacial score (nSPS) is 18.9. The zero-order valence-electron chi connectivity index (χ0n) is 18.2. The molecule has 0 radical (unpaired) electrons. The monoisotopic (exact) mass is 489 g/mol. The first kappa shape index (κ1) is 25.4. The van der Waals surface area contributed by atoms with Crippen LogP contribution in [0.4, 0.5) is 23.7 Å². The summed E-state index contributed by atoms with van der Waals surface area (Å²) in [6.45, 7) is -0.693. The van der Waals surface area contributed by atoms with Crippen LogP contribution in [-0.4, -0.2) is 54.0 Å². The van der Waals surface area contributed by atoms with Crippen molar-refractivity contribution in [3.8, 4) is 6.07 Å². The number of urea groups is 1. The van der Waals surface area contributed by atoms with Crippen LogP contribution < -0.4 is 4.90 Å². The maximum Gasteiger partial charge on any atom is 0.417 e. The molecule has 182 valence electrons. The minimum absolute atomic E-state index is 0.211. The number of hydrogen-bond acceptors (Lipinski definition) is 6. The number of amides is 3. The second kappa shape index (κ2) is 9.55. The number of carboxylic acids is 1. The molecule has 0 bridgehead atoms. The summed E-state index contributed by atoms with van der Waals surface area (Å²) in [7, 11) is 1.22. The van der Waals surface area contributed by atoms with Gasteiger partial charge in [-0.1, -0.05) is 30.3 Å². The third-order valence-corrected chi connectivity index (χ3v) is 5.63. The lowest BCUT2D eigenvalue weighted by atomic mass is 9.89. The minimum atomic E-state index is -4.93. The van der Waals surface area contributed by atoms with Gasteiger partial charge in [0, 0.05) is 13.5 Å². The fourth-order valence-electron chi connectivity index (χ4n) is 3.78. The average molecular weight is 489 g/mol. The molecule has 9 nitrogen and oxygen atoms in total. The van der Waals surface area contributed by atoms with Gasteiger partial charge in [-0.25, -0.2) is 14.5 Å². The van der Waals surface area contributed by atoms with Crippen LogP contribution in [0.15, 0.2) is 48.5 Å². The number of likely N-dealkylation sites (N-methyl/N-ethyl adjacent to an activating group) is 1. The SMILES string of the molecule is CN1C(=O)N(c2ccc(C#N)c(C(F)(F)F)c2)C(=O)C1(CO[C@@H](CC=O)C(=O)O)c1ccccc1. The Morgan fingerprint density at radius 3 is 2.43 bits per heavy atom. The van der Waals surface area contributed by atoms with Crippen LogP contribution in [0.3, 0.4) is 0 Å². The molecule has 1 saturated heterocycles. The summed E-state index contributed by atoms with van der Waals surface area (Å²) in [5, 5.41) is 18.3. The van der Waals surface area contributed by atoms with E-state index in [1.165, 1.54) is 25.2 Å². The van der Waals surface area contributed by atoms with Crippen LogP contribution in [0.1, 0.15) is 23.1 Å². The number of imide groups is 1. The molecule has 3 rings (SSSR count). The molecule has 1 aliphatic rings. The van der Waals surface area contributed by atoms with Gasteiger partial charge in [0.2, 0.25) is 0 Å². The van der Waals surface area contributed by atoms with Gasteiger partial charge < -0.3 is 19.5 Å². The fraction of sp³-hybridized carbons (Fsp3) is 0.261. The van der Waals surface area contributed by atoms with Gasteiger partial charge >= 0.3 is 18.2 Å². The highest BCUT2D eigenvalue weighted by Crippen LogP contribution is 2.41. The van der Waals surface area contributed by atoms with E-state index in [-0.39, 0.29) is 5.56 Å². The molecule has 1 aliphatic heterocycles. The van der Waals surface area contributed by atoms with E-state index in [1.54, 1.807) is 18.2 Å². The van der Waals surface area contributed by atoms with Crippen molar-refractivity contribution >= 4 is 29.9 Å². The number of anilines is 1. The Labute approximate surface area is 196 Å². The molecule has 2 aromatic carbocycles. The molecule has 0 aliphatic carbocycles. The standard InChI is InChI=1S/C23H18F3N3O6/c1-28-21(34)29(16-8-7-14(12-27)17(11-16)23(24,25)26)20(33)22(28,15-5-3-2-4-6-15)13-35-18(9-10-30)19(31)32/h2-8,10-11,18H,9,13H2,1H3,(H,31,32)/t18-,22?/m0/s1. The van der Waals surface area contributed by atoms with Crippen molar-refractivity contribution in [3.63, 3.8) is 0 Å². The predicted molar refractivity (Wildman–Crippen MR) is 113 cm³/mol. The van der Waals surface area contributed by atoms with Gasteiger partial charge in [0.25, 0.3) is 5.91 Å². The first-order valence-corrected chi connectivity index (χ1v) is 10.1. The number of halogens is 3. The van der Waals surface area contributed by atoms with Crippen LogP contribution in [0.5, 0.6) is 0 Å². The van der Waals surface area contributed by atoms with Crippen molar-refractivity contribution in [1.29, 1.82) is 5.26 Å². The average Bonchev–Trinajstić information content (AvgIpc) is 3.01. The largest absolute Gasteiger partial charge is 0.479 e. The van der Waals surface area contributed by atoms with E-state index in [0.29, 0.717) is 17.3 Å². The van der Waals surface area contributed by atoms with Crippen molar-refractivity contribution < 1.29 is 42.2 Å². The zero-order valence-corrected chi connectivity index (χ0v) is 18.2. The van der Waals surface area contributed by atoms with Crippen molar-refractivity contribution in [3.05, 3.63) is 65.2 Å². The van der Waals surface area contributed by atoms with Crippen molar-refractivity contribution in [2.75, 3.05) is 18.6 Å². The lowest BCUT2D eigenvalue weighted by Crippen LogP contribution is -2.50. The van der Waals surface area contributed by atoms with E-state index in [4.69, 9.17) is 10.00 Å². The van der Waals surface area contributed by atoms with Crippen LogP contribution >= 0.6 is 0 Å². The van der Waals surface area contributed by atoms with Gasteiger partial charge in [-0.3, -0.25) is 4.79 Å². The first-order chi connectivity index (χ1) is 16.5. The summed E-state index contributed by atoms with van der Waals surface area (Å²) in [6, 6.07) is 10.5. The molecule has 1 unspecified atom stereocenters.